The van der Waals surface area contributed by atoms with E-state index in [-0.39, 0.29) is 6.03 Å². The number of anilines is 1. The van der Waals surface area contributed by atoms with Gasteiger partial charge in [0.15, 0.2) is 6.23 Å². The molecule has 1 atom stereocenters. The third-order valence-corrected chi connectivity index (χ3v) is 3.04. The maximum Gasteiger partial charge on any atom is 0.507 e. The Bertz CT molecular complexity index is 477. The van der Waals surface area contributed by atoms with Crippen LogP contribution in [-0.2, 0) is 4.74 Å². The van der Waals surface area contributed by atoms with Crippen molar-refractivity contribution in [1.82, 2.24) is 4.90 Å². The summed E-state index contributed by atoms with van der Waals surface area (Å²) in [5, 5.41) is 11.8. The standard InChI is InChI=1S/C12H13ClN2O4/c13-8-3-5-9(6-4-8)14-11(16)15-7-1-2-10(15)19-12(17)18/h3-6,10H,1-2,7H2,(H,14,16)(H,17,18)/t10-/m1/s1. The number of carbonyl (C=O) groups excluding carboxylic acids is 1. The van der Waals surface area contributed by atoms with E-state index < -0.39 is 12.4 Å². The van der Waals surface area contributed by atoms with Gasteiger partial charge in [0.25, 0.3) is 0 Å². The molecule has 1 heterocycles. The summed E-state index contributed by atoms with van der Waals surface area (Å²) in [7, 11) is 0. The van der Waals surface area contributed by atoms with Gasteiger partial charge in [-0.25, -0.2) is 9.59 Å². The van der Waals surface area contributed by atoms with E-state index in [1.165, 1.54) is 4.90 Å². The summed E-state index contributed by atoms with van der Waals surface area (Å²) in [6.07, 6.45) is -0.868. The van der Waals surface area contributed by atoms with Gasteiger partial charge in [0.2, 0.25) is 0 Å². The topological polar surface area (TPSA) is 78.9 Å². The number of amides is 2. The van der Waals surface area contributed by atoms with Gasteiger partial charge >= 0.3 is 12.2 Å². The summed E-state index contributed by atoms with van der Waals surface area (Å²) < 4.78 is 4.66. The van der Waals surface area contributed by atoms with E-state index >= 15 is 0 Å². The van der Waals surface area contributed by atoms with Crippen molar-refractivity contribution in [3.63, 3.8) is 0 Å². The minimum absolute atomic E-state index is 0.383. The molecule has 0 unspecified atom stereocenters. The number of carbonyl (C=O) groups is 2. The second kappa shape index (κ2) is 5.79. The van der Waals surface area contributed by atoms with Crippen molar-refractivity contribution < 1.29 is 19.4 Å². The van der Waals surface area contributed by atoms with E-state index in [2.05, 4.69) is 10.1 Å². The Morgan fingerprint density at radius 2 is 2.05 bits per heavy atom. The van der Waals surface area contributed by atoms with Gasteiger partial charge in [0.1, 0.15) is 0 Å². The number of hydrogen-bond donors (Lipinski definition) is 2. The summed E-state index contributed by atoms with van der Waals surface area (Å²) in [6, 6.07) is 6.27. The van der Waals surface area contributed by atoms with Crippen LogP contribution in [0.15, 0.2) is 24.3 Å². The van der Waals surface area contributed by atoms with E-state index in [0.717, 1.165) is 0 Å². The highest BCUT2D eigenvalue weighted by atomic mass is 35.5. The molecule has 0 aliphatic carbocycles. The fourth-order valence-corrected chi connectivity index (χ4v) is 2.06. The zero-order valence-electron chi connectivity index (χ0n) is 10.0. The molecule has 0 spiro atoms. The van der Waals surface area contributed by atoms with Crippen LogP contribution >= 0.6 is 11.6 Å². The van der Waals surface area contributed by atoms with Crippen molar-refractivity contribution in [2.45, 2.75) is 19.1 Å². The van der Waals surface area contributed by atoms with Crippen molar-refractivity contribution in [2.75, 3.05) is 11.9 Å². The highest BCUT2D eigenvalue weighted by molar-refractivity contribution is 6.30. The van der Waals surface area contributed by atoms with Crippen LogP contribution in [0.5, 0.6) is 0 Å². The third-order valence-electron chi connectivity index (χ3n) is 2.79. The Kier molecular flexibility index (Phi) is 4.11. The second-order valence-electron chi connectivity index (χ2n) is 4.11. The monoisotopic (exact) mass is 284 g/mol. The van der Waals surface area contributed by atoms with Crippen LogP contribution in [0.25, 0.3) is 0 Å². The SMILES string of the molecule is O=C(O)O[C@@H]1CCCN1C(=O)Nc1ccc(Cl)cc1. The normalized spacial score (nSPS) is 18.2. The molecule has 1 aromatic rings. The van der Waals surface area contributed by atoms with Crippen molar-refractivity contribution in [1.29, 1.82) is 0 Å². The van der Waals surface area contributed by atoms with Gasteiger partial charge in [-0.1, -0.05) is 11.6 Å². The minimum atomic E-state index is -1.38. The number of nitrogens with one attached hydrogen (secondary N) is 1. The maximum atomic E-state index is 12.0. The lowest BCUT2D eigenvalue weighted by Crippen LogP contribution is -2.40. The van der Waals surface area contributed by atoms with Crippen molar-refractivity contribution >= 4 is 29.5 Å². The number of rotatable bonds is 2. The molecule has 2 rings (SSSR count). The Morgan fingerprint density at radius 1 is 1.37 bits per heavy atom. The summed E-state index contributed by atoms with van der Waals surface area (Å²) in [5.74, 6) is 0. The molecule has 19 heavy (non-hydrogen) atoms. The fourth-order valence-electron chi connectivity index (χ4n) is 1.94. The summed E-state index contributed by atoms with van der Waals surface area (Å²) >= 11 is 5.75. The third kappa shape index (κ3) is 3.51. The zero-order valence-corrected chi connectivity index (χ0v) is 10.8. The molecule has 2 amide bonds. The van der Waals surface area contributed by atoms with Crippen LogP contribution in [0.4, 0.5) is 15.3 Å². The first-order valence-corrected chi connectivity index (χ1v) is 6.17. The number of ether oxygens (including phenoxy) is 1. The van der Waals surface area contributed by atoms with Crippen LogP contribution in [0, 0.1) is 0 Å². The quantitative estimate of drug-likeness (QED) is 0.818. The van der Waals surface area contributed by atoms with E-state index in [1.807, 2.05) is 0 Å². The predicted molar refractivity (Wildman–Crippen MR) is 69.3 cm³/mol. The number of benzene rings is 1. The first-order chi connectivity index (χ1) is 9.06. The van der Waals surface area contributed by atoms with E-state index in [4.69, 9.17) is 16.7 Å². The molecule has 1 aromatic carbocycles. The molecule has 0 saturated carbocycles. The van der Waals surface area contributed by atoms with Crippen molar-refractivity contribution in [3.8, 4) is 0 Å². The number of hydrogen-bond acceptors (Lipinski definition) is 3. The Labute approximate surface area is 114 Å². The van der Waals surface area contributed by atoms with Gasteiger partial charge in [-0.3, -0.25) is 4.90 Å². The molecule has 1 fully saturated rings. The number of carboxylic acid groups (broad SMARTS) is 1. The average Bonchev–Trinajstić information content (AvgIpc) is 2.79. The lowest BCUT2D eigenvalue weighted by Gasteiger charge is -2.23. The Balaban J connectivity index is 1.98. The molecule has 0 radical (unpaired) electrons. The fraction of sp³-hybridized carbons (Fsp3) is 0.333. The smallest absolute Gasteiger partial charge is 0.450 e. The molecule has 1 saturated heterocycles. The number of halogens is 1. The van der Waals surface area contributed by atoms with E-state index in [0.29, 0.717) is 30.1 Å². The lowest BCUT2D eigenvalue weighted by molar-refractivity contribution is 0.00506. The Hall–Kier alpha value is -1.95. The molecule has 1 aliphatic heterocycles. The van der Waals surface area contributed by atoms with Gasteiger partial charge in [-0.05, 0) is 30.7 Å². The van der Waals surface area contributed by atoms with Crippen LogP contribution in [0.1, 0.15) is 12.8 Å². The molecule has 0 bridgehead atoms. The number of nitrogens with zero attached hydrogens (tertiary/aromatic N) is 1. The number of likely N-dealkylation sites (tertiary alicyclic amines) is 1. The molecule has 2 N–H and O–H groups in total. The predicted octanol–water partition coefficient (Wildman–Crippen LogP) is 2.99. The zero-order chi connectivity index (χ0) is 13.8. The van der Waals surface area contributed by atoms with Crippen molar-refractivity contribution in [2.24, 2.45) is 0 Å². The molecule has 1 aliphatic rings. The van der Waals surface area contributed by atoms with Crippen molar-refractivity contribution in [3.05, 3.63) is 29.3 Å². The van der Waals surface area contributed by atoms with Crippen LogP contribution in [0.3, 0.4) is 0 Å². The molecular weight excluding hydrogens is 272 g/mol. The first-order valence-electron chi connectivity index (χ1n) is 5.79. The maximum absolute atomic E-state index is 12.0. The van der Waals surface area contributed by atoms with E-state index in [1.54, 1.807) is 24.3 Å². The summed E-state index contributed by atoms with van der Waals surface area (Å²) in [6.45, 7) is 0.470. The highest BCUT2D eigenvalue weighted by Gasteiger charge is 2.31. The highest BCUT2D eigenvalue weighted by Crippen LogP contribution is 2.20. The van der Waals surface area contributed by atoms with Crippen LogP contribution in [-0.4, -0.2) is 35.0 Å². The van der Waals surface area contributed by atoms with Gasteiger partial charge in [-0.15, -0.1) is 0 Å². The minimum Gasteiger partial charge on any atom is -0.450 e. The van der Waals surface area contributed by atoms with Gasteiger partial charge < -0.3 is 15.2 Å². The van der Waals surface area contributed by atoms with Gasteiger partial charge in [0.05, 0.1) is 0 Å². The molecular formula is C12H13ClN2O4. The molecule has 7 heteroatoms. The summed E-state index contributed by atoms with van der Waals surface area (Å²) in [5.41, 5.74) is 0.593. The van der Waals surface area contributed by atoms with Gasteiger partial charge in [-0.2, -0.15) is 0 Å². The van der Waals surface area contributed by atoms with Gasteiger partial charge in [0, 0.05) is 23.7 Å². The summed E-state index contributed by atoms with van der Waals surface area (Å²) in [4.78, 5) is 23.9. The first kappa shape index (κ1) is 13.5. The number of urea groups is 1. The molecule has 102 valence electrons. The largest absolute Gasteiger partial charge is 0.507 e. The van der Waals surface area contributed by atoms with Crippen LogP contribution < -0.4 is 5.32 Å². The lowest BCUT2D eigenvalue weighted by atomic mass is 10.3. The van der Waals surface area contributed by atoms with Crippen LogP contribution in [0.2, 0.25) is 5.02 Å². The Morgan fingerprint density at radius 3 is 2.68 bits per heavy atom. The molecule has 6 nitrogen and oxygen atoms in total. The second-order valence-corrected chi connectivity index (χ2v) is 4.55. The average molecular weight is 285 g/mol. The van der Waals surface area contributed by atoms with E-state index in [9.17, 15) is 9.59 Å². The molecule has 0 aromatic heterocycles.